The van der Waals surface area contributed by atoms with Gasteiger partial charge >= 0.3 is 0 Å². The number of rotatable bonds is 2. The molecule has 0 aliphatic heterocycles. The van der Waals surface area contributed by atoms with E-state index in [9.17, 15) is 9.90 Å². The largest absolute Gasteiger partial charge is 0.508 e. The fourth-order valence-electron chi connectivity index (χ4n) is 1.23. The summed E-state index contributed by atoms with van der Waals surface area (Å²) in [7, 11) is 3.32. The van der Waals surface area contributed by atoms with Gasteiger partial charge in [-0.15, -0.1) is 0 Å². The number of carbonyl (C=O) groups excluding carboxylic acids is 1. The Hall–Kier alpha value is -1.55. The number of aromatic hydroxyl groups is 1. The number of phenols is 1. The molecule has 0 radical (unpaired) electrons. The zero-order chi connectivity index (χ0) is 10.7. The highest BCUT2D eigenvalue weighted by atomic mass is 16.3. The average molecular weight is 194 g/mol. The molecule has 4 nitrogen and oxygen atoms in total. The number of nitrogens with zero attached hydrogens (tertiary/aromatic N) is 1. The van der Waals surface area contributed by atoms with Gasteiger partial charge in [0.25, 0.3) is 5.91 Å². The van der Waals surface area contributed by atoms with Crippen molar-refractivity contribution in [2.45, 2.75) is 6.54 Å². The Morgan fingerprint density at radius 3 is 2.64 bits per heavy atom. The first kappa shape index (κ1) is 10.5. The van der Waals surface area contributed by atoms with Gasteiger partial charge in [0, 0.05) is 31.8 Å². The van der Waals surface area contributed by atoms with Crippen LogP contribution in [0.1, 0.15) is 15.9 Å². The van der Waals surface area contributed by atoms with Crippen LogP contribution in [0.15, 0.2) is 18.2 Å². The van der Waals surface area contributed by atoms with Gasteiger partial charge < -0.3 is 15.7 Å². The molecular formula is C10H14N2O2. The Bertz CT molecular complexity index is 348. The molecule has 0 aliphatic rings. The minimum atomic E-state index is -0.152. The summed E-state index contributed by atoms with van der Waals surface area (Å²) in [5.74, 6) is -0.0819. The normalized spacial score (nSPS) is 9.93. The van der Waals surface area contributed by atoms with Crippen molar-refractivity contribution in [3.63, 3.8) is 0 Å². The molecule has 0 saturated carbocycles. The van der Waals surface area contributed by atoms with E-state index in [4.69, 9.17) is 5.73 Å². The SMILES string of the molecule is CN(C)C(=O)c1cccc(O)c1CN. The van der Waals surface area contributed by atoms with E-state index in [2.05, 4.69) is 0 Å². The molecule has 14 heavy (non-hydrogen) atoms. The zero-order valence-corrected chi connectivity index (χ0v) is 8.32. The lowest BCUT2D eigenvalue weighted by Crippen LogP contribution is -2.23. The summed E-state index contributed by atoms with van der Waals surface area (Å²) >= 11 is 0. The summed E-state index contributed by atoms with van der Waals surface area (Å²) in [6.45, 7) is 0.154. The number of benzene rings is 1. The predicted molar refractivity (Wildman–Crippen MR) is 54.0 cm³/mol. The highest BCUT2D eigenvalue weighted by Gasteiger charge is 2.14. The molecule has 76 valence electrons. The first-order chi connectivity index (χ1) is 6.57. The van der Waals surface area contributed by atoms with Gasteiger partial charge in [-0.05, 0) is 12.1 Å². The van der Waals surface area contributed by atoms with Crippen molar-refractivity contribution < 1.29 is 9.90 Å². The molecule has 1 aromatic rings. The molecule has 0 fully saturated rings. The summed E-state index contributed by atoms with van der Waals surface area (Å²) in [5, 5.41) is 9.47. The molecule has 0 aromatic heterocycles. The molecule has 0 heterocycles. The van der Waals surface area contributed by atoms with Gasteiger partial charge in [-0.3, -0.25) is 4.79 Å². The van der Waals surface area contributed by atoms with Crippen LogP contribution in [0.5, 0.6) is 5.75 Å². The quantitative estimate of drug-likeness (QED) is 0.722. The Labute approximate surface area is 82.9 Å². The number of amides is 1. The van der Waals surface area contributed by atoms with E-state index < -0.39 is 0 Å². The molecule has 0 aliphatic carbocycles. The fourth-order valence-corrected chi connectivity index (χ4v) is 1.23. The predicted octanol–water partition coefficient (Wildman–Crippen LogP) is 0.553. The van der Waals surface area contributed by atoms with Crippen molar-refractivity contribution in [3.8, 4) is 5.75 Å². The third-order valence-electron chi connectivity index (χ3n) is 1.99. The molecule has 0 atom stereocenters. The van der Waals surface area contributed by atoms with Gasteiger partial charge in [0.2, 0.25) is 0 Å². The minimum Gasteiger partial charge on any atom is -0.508 e. The van der Waals surface area contributed by atoms with E-state index in [0.29, 0.717) is 11.1 Å². The van der Waals surface area contributed by atoms with Crippen molar-refractivity contribution in [2.75, 3.05) is 14.1 Å². The monoisotopic (exact) mass is 194 g/mol. The second-order valence-electron chi connectivity index (χ2n) is 3.21. The Kier molecular flexibility index (Phi) is 3.09. The smallest absolute Gasteiger partial charge is 0.253 e. The van der Waals surface area contributed by atoms with Crippen LogP contribution >= 0.6 is 0 Å². The minimum absolute atomic E-state index is 0.0696. The average Bonchev–Trinajstić information content (AvgIpc) is 2.16. The second-order valence-corrected chi connectivity index (χ2v) is 3.21. The number of nitrogens with two attached hydrogens (primary N) is 1. The first-order valence-corrected chi connectivity index (χ1v) is 4.30. The topological polar surface area (TPSA) is 66.6 Å². The highest BCUT2D eigenvalue weighted by molar-refractivity contribution is 5.96. The zero-order valence-electron chi connectivity index (χ0n) is 8.32. The molecule has 1 rings (SSSR count). The first-order valence-electron chi connectivity index (χ1n) is 4.30. The number of phenolic OH excluding ortho intramolecular Hbond substituents is 1. The van der Waals surface area contributed by atoms with Crippen LogP contribution in [-0.4, -0.2) is 30.0 Å². The molecular weight excluding hydrogens is 180 g/mol. The van der Waals surface area contributed by atoms with E-state index in [0.717, 1.165) is 0 Å². The van der Waals surface area contributed by atoms with Crippen LogP contribution < -0.4 is 5.73 Å². The van der Waals surface area contributed by atoms with Crippen molar-refractivity contribution in [2.24, 2.45) is 5.73 Å². The van der Waals surface area contributed by atoms with Gasteiger partial charge in [-0.25, -0.2) is 0 Å². The van der Waals surface area contributed by atoms with Crippen molar-refractivity contribution in [1.82, 2.24) is 4.90 Å². The molecule has 4 heteroatoms. The van der Waals surface area contributed by atoms with Crippen molar-refractivity contribution >= 4 is 5.91 Å². The third kappa shape index (κ3) is 1.85. The lowest BCUT2D eigenvalue weighted by Gasteiger charge is -2.13. The number of hydrogen-bond acceptors (Lipinski definition) is 3. The van der Waals surface area contributed by atoms with Crippen LogP contribution in [0.25, 0.3) is 0 Å². The summed E-state index contributed by atoms with van der Waals surface area (Å²) in [4.78, 5) is 13.1. The van der Waals surface area contributed by atoms with Crippen molar-refractivity contribution in [3.05, 3.63) is 29.3 Å². The summed E-state index contributed by atoms with van der Waals surface area (Å²) in [5.41, 5.74) is 6.41. The molecule has 3 N–H and O–H groups in total. The third-order valence-corrected chi connectivity index (χ3v) is 1.99. The summed E-state index contributed by atoms with van der Waals surface area (Å²) < 4.78 is 0. The van der Waals surface area contributed by atoms with E-state index in [1.165, 1.54) is 11.0 Å². The maximum atomic E-state index is 11.6. The van der Waals surface area contributed by atoms with E-state index in [-0.39, 0.29) is 18.2 Å². The van der Waals surface area contributed by atoms with E-state index in [1.807, 2.05) is 0 Å². The molecule has 0 unspecified atom stereocenters. The molecule has 0 bridgehead atoms. The molecule has 0 spiro atoms. The standard InChI is InChI=1S/C10H14N2O2/c1-12(2)10(14)7-4-3-5-9(13)8(7)6-11/h3-5,13H,6,11H2,1-2H3. The highest BCUT2D eigenvalue weighted by Crippen LogP contribution is 2.21. The second kappa shape index (κ2) is 4.11. The molecule has 1 amide bonds. The van der Waals surface area contributed by atoms with Gasteiger partial charge in [0.15, 0.2) is 0 Å². The van der Waals surface area contributed by atoms with Gasteiger partial charge in [0.1, 0.15) is 5.75 Å². The number of hydrogen-bond donors (Lipinski definition) is 2. The van der Waals surface area contributed by atoms with Gasteiger partial charge in [0.05, 0.1) is 0 Å². The maximum Gasteiger partial charge on any atom is 0.253 e. The van der Waals surface area contributed by atoms with Gasteiger partial charge in [-0.1, -0.05) is 6.07 Å². The Morgan fingerprint density at radius 2 is 2.14 bits per heavy atom. The van der Waals surface area contributed by atoms with E-state index >= 15 is 0 Å². The van der Waals surface area contributed by atoms with Crippen LogP contribution in [0.2, 0.25) is 0 Å². The number of carbonyl (C=O) groups is 1. The van der Waals surface area contributed by atoms with Crippen LogP contribution in [0, 0.1) is 0 Å². The lowest BCUT2D eigenvalue weighted by molar-refractivity contribution is 0.0826. The maximum absolute atomic E-state index is 11.6. The van der Waals surface area contributed by atoms with Crippen LogP contribution in [0.4, 0.5) is 0 Å². The Morgan fingerprint density at radius 1 is 1.50 bits per heavy atom. The summed E-state index contributed by atoms with van der Waals surface area (Å²) in [6, 6.07) is 4.81. The Balaban J connectivity index is 3.20. The molecule has 0 saturated heterocycles. The lowest BCUT2D eigenvalue weighted by atomic mass is 10.1. The van der Waals surface area contributed by atoms with Crippen molar-refractivity contribution in [1.29, 1.82) is 0 Å². The van der Waals surface area contributed by atoms with E-state index in [1.54, 1.807) is 26.2 Å². The van der Waals surface area contributed by atoms with Crippen LogP contribution in [-0.2, 0) is 6.54 Å². The fraction of sp³-hybridized carbons (Fsp3) is 0.300. The van der Waals surface area contributed by atoms with Crippen LogP contribution in [0.3, 0.4) is 0 Å². The molecule has 1 aromatic carbocycles. The van der Waals surface area contributed by atoms with Gasteiger partial charge in [-0.2, -0.15) is 0 Å². The summed E-state index contributed by atoms with van der Waals surface area (Å²) in [6.07, 6.45) is 0.